The van der Waals surface area contributed by atoms with E-state index in [1.54, 1.807) is 17.1 Å². The van der Waals surface area contributed by atoms with Gasteiger partial charge >= 0.3 is 0 Å². The van der Waals surface area contributed by atoms with Crippen LogP contribution in [-0.2, 0) is 14.4 Å². The van der Waals surface area contributed by atoms with Crippen LogP contribution in [0.5, 0.6) is 0 Å². The van der Waals surface area contributed by atoms with Crippen LogP contribution in [0.25, 0.3) is 6.08 Å². The molecule has 5 heteroatoms. The summed E-state index contributed by atoms with van der Waals surface area (Å²) in [6.45, 7) is 0.866. The Morgan fingerprint density at radius 1 is 0.960 bits per heavy atom. The summed E-state index contributed by atoms with van der Waals surface area (Å²) in [5.74, 6) is -0.591. The van der Waals surface area contributed by atoms with Crippen LogP contribution in [0.1, 0.15) is 18.4 Å². The van der Waals surface area contributed by atoms with Gasteiger partial charge in [-0.2, -0.15) is 0 Å². The molecule has 2 fully saturated rings. The summed E-state index contributed by atoms with van der Waals surface area (Å²) in [7, 11) is 0. The average molecular weight is 336 g/mol. The molecule has 0 N–H and O–H groups in total. The van der Waals surface area contributed by atoms with E-state index in [2.05, 4.69) is 0 Å². The molecule has 5 nitrogen and oxygen atoms in total. The van der Waals surface area contributed by atoms with Crippen molar-refractivity contribution in [1.82, 2.24) is 9.80 Å². The molecule has 0 bridgehead atoms. The molecule has 1 aromatic rings. The van der Waals surface area contributed by atoms with Gasteiger partial charge in [0, 0.05) is 19.2 Å². The Morgan fingerprint density at radius 2 is 1.56 bits per heavy atom. The van der Waals surface area contributed by atoms with Gasteiger partial charge in [0.2, 0.25) is 17.7 Å². The van der Waals surface area contributed by atoms with Crippen molar-refractivity contribution < 1.29 is 14.4 Å². The summed E-state index contributed by atoms with van der Waals surface area (Å²) in [4.78, 5) is 40.4. The average Bonchev–Trinajstić information content (AvgIpc) is 2.85. The highest BCUT2D eigenvalue weighted by Gasteiger charge is 2.52. The van der Waals surface area contributed by atoms with E-state index in [4.69, 9.17) is 0 Å². The molecular formula is C20H20N2O3. The molecule has 0 saturated carbocycles. The van der Waals surface area contributed by atoms with Gasteiger partial charge in [-0.1, -0.05) is 42.5 Å². The number of amides is 3. The summed E-state index contributed by atoms with van der Waals surface area (Å²) in [6.07, 6.45) is 8.61. The van der Waals surface area contributed by atoms with Gasteiger partial charge in [0.15, 0.2) is 0 Å². The van der Waals surface area contributed by atoms with Crippen molar-refractivity contribution in [2.75, 3.05) is 13.1 Å². The largest absolute Gasteiger partial charge is 0.335 e. The molecule has 25 heavy (non-hydrogen) atoms. The molecule has 2 heterocycles. The Labute approximate surface area is 146 Å². The molecule has 2 atom stereocenters. The number of hydrogen-bond acceptors (Lipinski definition) is 3. The highest BCUT2D eigenvalue weighted by molar-refractivity contribution is 6.06. The van der Waals surface area contributed by atoms with Gasteiger partial charge < -0.3 is 4.90 Å². The molecular weight excluding hydrogens is 316 g/mol. The van der Waals surface area contributed by atoms with Crippen molar-refractivity contribution in [3.63, 3.8) is 0 Å². The zero-order valence-electron chi connectivity index (χ0n) is 13.9. The molecule has 2 unspecified atom stereocenters. The normalized spacial score (nSPS) is 26.2. The second-order valence-electron chi connectivity index (χ2n) is 6.84. The Balaban J connectivity index is 1.36. The molecule has 128 valence electrons. The first-order valence-corrected chi connectivity index (χ1v) is 8.69. The number of nitrogens with zero attached hydrogens (tertiary/aromatic N) is 2. The van der Waals surface area contributed by atoms with Crippen LogP contribution in [0.4, 0.5) is 0 Å². The molecule has 0 aromatic heterocycles. The number of likely N-dealkylation sites (tertiary alicyclic amines) is 2. The molecule has 2 saturated heterocycles. The third kappa shape index (κ3) is 2.80. The minimum absolute atomic E-state index is 0.0590. The molecule has 1 aromatic carbocycles. The quantitative estimate of drug-likeness (QED) is 0.481. The molecule has 1 aliphatic carbocycles. The molecule has 3 amide bonds. The second-order valence-corrected chi connectivity index (χ2v) is 6.84. The van der Waals surface area contributed by atoms with Crippen molar-refractivity contribution >= 4 is 23.8 Å². The molecule has 2 aliphatic heterocycles. The number of imide groups is 1. The summed E-state index contributed by atoms with van der Waals surface area (Å²) in [5.41, 5.74) is 0.967. The highest BCUT2D eigenvalue weighted by atomic mass is 16.2. The van der Waals surface area contributed by atoms with Gasteiger partial charge in [-0.05, 0) is 24.5 Å². The smallest absolute Gasteiger partial charge is 0.246 e. The molecule has 0 spiro atoms. The Morgan fingerprint density at radius 3 is 2.16 bits per heavy atom. The minimum Gasteiger partial charge on any atom is -0.335 e. The van der Waals surface area contributed by atoms with Gasteiger partial charge in [0.25, 0.3) is 0 Å². The molecule has 3 aliphatic rings. The van der Waals surface area contributed by atoms with Crippen molar-refractivity contribution in [3.8, 4) is 0 Å². The number of carbonyl (C=O) groups excluding carboxylic acids is 3. The maximum absolute atomic E-state index is 12.5. The summed E-state index contributed by atoms with van der Waals surface area (Å²) in [6, 6.07) is 9.46. The van der Waals surface area contributed by atoms with Crippen LogP contribution in [-0.4, -0.2) is 46.7 Å². The van der Waals surface area contributed by atoms with E-state index < -0.39 is 0 Å². The summed E-state index contributed by atoms with van der Waals surface area (Å²) < 4.78 is 0. The van der Waals surface area contributed by atoms with Crippen molar-refractivity contribution in [1.29, 1.82) is 0 Å². The third-order valence-electron chi connectivity index (χ3n) is 5.30. The molecule has 4 rings (SSSR count). The Bertz CT molecular complexity index is 736. The predicted molar refractivity (Wildman–Crippen MR) is 93.1 cm³/mol. The van der Waals surface area contributed by atoms with Gasteiger partial charge in [-0.15, -0.1) is 0 Å². The van der Waals surface area contributed by atoms with Gasteiger partial charge in [-0.25, -0.2) is 0 Å². The fourth-order valence-corrected chi connectivity index (χ4v) is 3.82. The first-order valence-electron chi connectivity index (χ1n) is 8.69. The van der Waals surface area contributed by atoms with Crippen molar-refractivity contribution in [2.45, 2.75) is 18.9 Å². The fraction of sp³-hybridized carbons (Fsp3) is 0.350. The van der Waals surface area contributed by atoms with E-state index in [9.17, 15) is 14.4 Å². The van der Waals surface area contributed by atoms with Crippen molar-refractivity contribution in [2.24, 2.45) is 11.8 Å². The lowest BCUT2D eigenvalue weighted by molar-refractivity contribution is -0.151. The SMILES string of the molecule is O=C(/C=C/c1ccccc1)N1CC(N2C(=O)C3CC=CCC3C2=O)C1. The lowest BCUT2D eigenvalue weighted by Crippen LogP contribution is -2.62. The van der Waals surface area contributed by atoms with Gasteiger partial charge in [0.05, 0.1) is 17.9 Å². The van der Waals surface area contributed by atoms with E-state index in [0.29, 0.717) is 25.9 Å². The summed E-state index contributed by atoms with van der Waals surface area (Å²) in [5, 5.41) is 0. The first kappa shape index (κ1) is 15.8. The monoisotopic (exact) mass is 336 g/mol. The Kier molecular flexibility index (Phi) is 3.99. The van der Waals surface area contributed by atoms with Crippen LogP contribution in [0.15, 0.2) is 48.6 Å². The second kappa shape index (κ2) is 6.31. The number of hydrogen-bond donors (Lipinski definition) is 0. The number of allylic oxidation sites excluding steroid dienone is 2. The number of carbonyl (C=O) groups is 3. The van der Waals surface area contributed by atoms with E-state index in [-0.39, 0.29) is 35.6 Å². The topological polar surface area (TPSA) is 57.7 Å². The number of benzene rings is 1. The first-order chi connectivity index (χ1) is 12.1. The number of fused-ring (bicyclic) bond motifs is 1. The summed E-state index contributed by atoms with van der Waals surface area (Å²) >= 11 is 0. The van der Waals surface area contributed by atoms with E-state index in [1.165, 1.54) is 4.90 Å². The van der Waals surface area contributed by atoms with Gasteiger partial charge in [-0.3, -0.25) is 19.3 Å². The van der Waals surface area contributed by atoms with Crippen LogP contribution >= 0.6 is 0 Å². The van der Waals surface area contributed by atoms with Gasteiger partial charge in [0.1, 0.15) is 0 Å². The lowest BCUT2D eigenvalue weighted by atomic mass is 9.85. The van der Waals surface area contributed by atoms with Crippen LogP contribution < -0.4 is 0 Å². The number of rotatable bonds is 3. The minimum atomic E-state index is -0.194. The fourth-order valence-electron chi connectivity index (χ4n) is 3.82. The standard InChI is InChI=1S/C20H20N2O3/c23-18(11-10-14-6-2-1-3-7-14)21-12-15(13-21)22-19(24)16-8-4-5-9-17(16)20(22)25/h1-7,10-11,15-17H,8-9,12-13H2/b11-10+. The van der Waals surface area contributed by atoms with Crippen LogP contribution in [0, 0.1) is 11.8 Å². The van der Waals surface area contributed by atoms with Crippen molar-refractivity contribution in [3.05, 3.63) is 54.1 Å². The molecule has 0 radical (unpaired) electrons. The van der Waals surface area contributed by atoms with E-state index in [0.717, 1.165) is 5.56 Å². The maximum Gasteiger partial charge on any atom is 0.246 e. The Hall–Kier alpha value is -2.69. The zero-order valence-corrected chi connectivity index (χ0v) is 13.9. The highest BCUT2D eigenvalue weighted by Crippen LogP contribution is 2.37. The predicted octanol–water partition coefficient (Wildman–Crippen LogP) is 1.86. The zero-order chi connectivity index (χ0) is 17.4. The maximum atomic E-state index is 12.5. The van der Waals surface area contributed by atoms with E-state index in [1.807, 2.05) is 42.5 Å². The van der Waals surface area contributed by atoms with Crippen LogP contribution in [0.3, 0.4) is 0 Å². The lowest BCUT2D eigenvalue weighted by Gasteiger charge is -2.42. The third-order valence-corrected chi connectivity index (χ3v) is 5.30. The van der Waals surface area contributed by atoms with Crippen LogP contribution in [0.2, 0.25) is 0 Å². The van der Waals surface area contributed by atoms with E-state index >= 15 is 0 Å².